The van der Waals surface area contributed by atoms with Crippen molar-refractivity contribution in [3.05, 3.63) is 72.4 Å². The first kappa shape index (κ1) is 14.3. The van der Waals surface area contributed by atoms with Crippen molar-refractivity contribution in [3.8, 4) is 0 Å². The van der Waals surface area contributed by atoms with Crippen LogP contribution >= 0.6 is 0 Å². The molecule has 0 saturated carbocycles. The van der Waals surface area contributed by atoms with Crippen LogP contribution in [0.2, 0.25) is 0 Å². The second kappa shape index (κ2) is 6.39. The number of fused-ring (bicyclic) bond motifs is 1. The Morgan fingerprint density at radius 3 is 2.55 bits per heavy atom. The molecule has 0 aliphatic carbocycles. The van der Waals surface area contributed by atoms with Crippen molar-refractivity contribution < 1.29 is 4.79 Å². The second-order valence-electron chi connectivity index (χ2n) is 5.24. The highest BCUT2D eigenvalue weighted by Crippen LogP contribution is 2.25. The molecule has 3 rings (SSSR count). The normalized spacial score (nSPS) is 12.0. The number of nitrogens with zero attached hydrogens (tertiary/aromatic N) is 1. The fraction of sp³-hybridized carbons (Fsp3) is 0.158. The number of amides is 1. The lowest BCUT2D eigenvalue weighted by atomic mass is 9.95. The third-order valence-corrected chi connectivity index (χ3v) is 3.83. The zero-order valence-electron chi connectivity index (χ0n) is 12.5. The summed E-state index contributed by atoms with van der Waals surface area (Å²) in [6.45, 7) is 2.03. The predicted molar refractivity (Wildman–Crippen MR) is 89.8 cm³/mol. The molecule has 0 aliphatic heterocycles. The first-order chi connectivity index (χ1) is 10.8. The third-order valence-electron chi connectivity index (χ3n) is 3.83. The summed E-state index contributed by atoms with van der Waals surface area (Å²) in [5.74, 6) is -0.127. The molecule has 0 radical (unpaired) electrons. The lowest BCUT2D eigenvalue weighted by molar-refractivity contribution is -0.117. The Labute approximate surface area is 130 Å². The van der Waals surface area contributed by atoms with E-state index in [2.05, 4.69) is 10.3 Å². The molecule has 0 bridgehead atoms. The Kier molecular flexibility index (Phi) is 4.15. The third kappa shape index (κ3) is 2.84. The van der Waals surface area contributed by atoms with Crippen LogP contribution in [0.3, 0.4) is 0 Å². The van der Waals surface area contributed by atoms with Crippen molar-refractivity contribution in [2.75, 3.05) is 5.32 Å². The van der Waals surface area contributed by atoms with E-state index in [0.717, 1.165) is 28.6 Å². The maximum atomic E-state index is 12.7. The number of anilines is 1. The van der Waals surface area contributed by atoms with Crippen molar-refractivity contribution in [2.45, 2.75) is 19.3 Å². The number of hydrogen-bond acceptors (Lipinski definition) is 2. The zero-order chi connectivity index (χ0) is 15.4. The van der Waals surface area contributed by atoms with Gasteiger partial charge in [-0.1, -0.05) is 55.5 Å². The van der Waals surface area contributed by atoms with Crippen molar-refractivity contribution >= 4 is 22.5 Å². The molecule has 1 N–H and O–H groups in total. The van der Waals surface area contributed by atoms with E-state index in [0.29, 0.717) is 0 Å². The van der Waals surface area contributed by atoms with Gasteiger partial charge in [0.05, 0.1) is 17.1 Å². The number of rotatable bonds is 4. The first-order valence-corrected chi connectivity index (χ1v) is 7.49. The number of carbonyl (C=O) groups is 1. The Bertz CT molecular complexity index is 778. The highest BCUT2D eigenvalue weighted by molar-refractivity contribution is 6.03. The van der Waals surface area contributed by atoms with Crippen LogP contribution in [0.4, 0.5) is 5.69 Å². The second-order valence-corrected chi connectivity index (χ2v) is 5.24. The molecular formula is C19H18N2O. The maximum Gasteiger partial charge on any atom is 0.231 e. The van der Waals surface area contributed by atoms with Crippen LogP contribution in [0.15, 0.2) is 66.9 Å². The monoisotopic (exact) mass is 290 g/mol. The number of benzene rings is 2. The van der Waals surface area contributed by atoms with E-state index in [1.807, 2.05) is 67.6 Å². The SMILES string of the molecule is CCC(C(=O)Nc1ccnc2ccccc12)c1ccccc1. The molecule has 1 atom stereocenters. The summed E-state index contributed by atoms with van der Waals surface area (Å²) in [5.41, 5.74) is 2.74. The van der Waals surface area contributed by atoms with Gasteiger partial charge in [0.15, 0.2) is 0 Å². The zero-order valence-corrected chi connectivity index (χ0v) is 12.5. The Morgan fingerprint density at radius 2 is 1.77 bits per heavy atom. The van der Waals surface area contributed by atoms with Gasteiger partial charge in [0.1, 0.15) is 0 Å². The van der Waals surface area contributed by atoms with Gasteiger partial charge >= 0.3 is 0 Å². The number of nitrogens with one attached hydrogen (secondary N) is 1. The van der Waals surface area contributed by atoms with Crippen molar-refractivity contribution in [3.63, 3.8) is 0 Å². The number of aromatic nitrogens is 1. The Morgan fingerprint density at radius 1 is 1.05 bits per heavy atom. The molecule has 3 nitrogen and oxygen atoms in total. The topological polar surface area (TPSA) is 42.0 Å². The fourth-order valence-corrected chi connectivity index (χ4v) is 2.68. The Hall–Kier alpha value is -2.68. The van der Waals surface area contributed by atoms with Crippen LogP contribution < -0.4 is 5.32 Å². The van der Waals surface area contributed by atoms with Crippen molar-refractivity contribution in [1.82, 2.24) is 4.98 Å². The molecule has 110 valence electrons. The minimum Gasteiger partial charge on any atom is -0.325 e. The quantitative estimate of drug-likeness (QED) is 0.775. The lowest BCUT2D eigenvalue weighted by Crippen LogP contribution is -2.20. The van der Waals surface area contributed by atoms with Crippen LogP contribution in [-0.2, 0) is 4.79 Å². The molecule has 1 aromatic heterocycles. The van der Waals surface area contributed by atoms with E-state index < -0.39 is 0 Å². The van der Waals surface area contributed by atoms with Crippen LogP contribution in [0.25, 0.3) is 10.9 Å². The first-order valence-electron chi connectivity index (χ1n) is 7.49. The van der Waals surface area contributed by atoms with E-state index >= 15 is 0 Å². The standard InChI is InChI=1S/C19H18N2O/c1-2-15(14-8-4-3-5-9-14)19(22)21-18-12-13-20-17-11-7-6-10-16(17)18/h3-13,15H,2H2,1H3,(H,20,21,22). The molecule has 0 fully saturated rings. The minimum absolute atomic E-state index is 0.0186. The smallest absolute Gasteiger partial charge is 0.231 e. The average molecular weight is 290 g/mol. The molecule has 0 saturated heterocycles. The van der Waals surface area contributed by atoms with E-state index in [1.165, 1.54) is 0 Å². The molecule has 1 heterocycles. The summed E-state index contributed by atoms with van der Waals surface area (Å²) >= 11 is 0. The molecule has 1 amide bonds. The summed E-state index contributed by atoms with van der Waals surface area (Å²) in [6.07, 6.45) is 2.49. The van der Waals surface area contributed by atoms with Gasteiger partial charge in [-0.3, -0.25) is 9.78 Å². The molecular weight excluding hydrogens is 272 g/mol. The largest absolute Gasteiger partial charge is 0.325 e. The van der Waals surface area contributed by atoms with Crippen LogP contribution in [0.1, 0.15) is 24.8 Å². The summed E-state index contributed by atoms with van der Waals surface area (Å²) in [4.78, 5) is 17.0. The van der Waals surface area contributed by atoms with Gasteiger partial charge in [-0.05, 0) is 24.1 Å². The molecule has 3 heteroatoms. The maximum absolute atomic E-state index is 12.7. The summed E-state index contributed by atoms with van der Waals surface area (Å²) in [7, 11) is 0. The van der Waals surface area contributed by atoms with Gasteiger partial charge in [-0.15, -0.1) is 0 Å². The van der Waals surface area contributed by atoms with Crippen LogP contribution in [0.5, 0.6) is 0 Å². The number of carbonyl (C=O) groups excluding carboxylic acids is 1. The molecule has 3 aromatic rings. The van der Waals surface area contributed by atoms with E-state index in [-0.39, 0.29) is 11.8 Å². The van der Waals surface area contributed by atoms with Gasteiger partial charge in [0, 0.05) is 11.6 Å². The summed E-state index contributed by atoms with van der Waals surface area (Å²) < 4.78 is 0. The van der Waals surface area contributed by atoms with E-state index in [9.17, 15) is 4.79 Å². The Balaban J connectivity index is 1.89. The van der Waals surface area contributed by atoms with Gasteiger partial charge in [-0.2, -0.15) is 0 Å². The van der Waals surface area contributed by atoms with Gasteiger partial charge in [0.25, 0.3) is 0 Å². The molecule has 22 heavy (non-hydrogen) atoms. The number of hydrogen-bond donors (Lipinski definition) is 1. The van der Waals surface area contributed by atoms with E-state index in [1.54, 1.807) is 6.20 Å². The predicted octanol–water partition coefficient (Wildman–Crippen LogP) is 4.37. The molecule has 0 spiro atoms. The molecule has 0 aliphatic rings. The fourth-order valence-electron chi connectivity index (χ4n) is 2.68. The highest BCUT2D eigenvalue weighted by Gasteiger charge is 2.19. The van der Waals surface area contributed by atoms with Gasteiger partial charge in [0.2, 0.25) is 5.91 Å². The van der Waals surface area contributed by atoms with Gasteiger partial charge in [-0.25, -0.2) is 0 Å². The molecule has 1 unspecified atom stereocenters. The lowest BCUT2D eigenvalue weighted by Gasteiger charge is -2.16. The summed E-state index contributed by atoms with van der Waals surface area (Å²) in [5, 5.41) is 4.01. The highest BCUT2D eigenvalue weighted by atomic mass is 16.1. The van der Waals surface area contributed by atoms with Crippen LogP contribution in [0, 0.1) is 0 Å². The summed E-state index contributed by atoms with van der Waals surface area (Å²) in [6, 6.07) is 19.5. The number of para-hydroxylation sites is 1. The van der Waals surface area contributed by atoms with Crippen molar-refractivity contribution in [1.29, 1.82) is 0 Å². The van der Waals surface area contributed by atoms with Crippen LogP contribution in [-0.4, -0.2) is 10.9 Å². The van der Waals surface area contributed by atoms with E-state index in [4.69, 9.17) is 0 Å². The van der Waals surface area contributed by atoms with Crippen molar-refractivity contribution in [2.24, 2.45) is 0 Å². The van der Waals surface area contributed by atoms with Gasteiger partial charge < -0.3 is 5.32 Å². The number of pyridine rings is 1. The molecule has 2 aromatic carbocycles. The minimum atomic E-state index is -0.145. The average Bonchev–Trinajstić information content (AvgIpc) is 2.57.